The lowest BCUT2D eigenvalue weighted by atomic mass is 10.0. The average molecular weight is 499 g/mol. The number of carboxylic acids is 1. The second-order valence-electron chi connectivity index (χ2n) is 7.16. The predicted octanol–water partition coefficient (Wildman–Crippen LogP) is 3.59. The monoisotopic (exact) mass is 498 g/mol. The fourth-order valence-electron chi connectivity index (χ4n) is 3.40. The number of aromatic amines is 1. The SMILES string of the molecule is Cc1[nH]c(C(=O)N[C@@H]2CCN(c3nc(-c4ccncn4)c(C(=O)O)s3)C[C@@H]2F)c(Cl)c1Cl. The van der Waals surface area contributed by atoms with Crippen molar-refractivity contribution < 1.29 is 19.1 Å². The Morgan fingerprint density at radius 3 is 2.75 bits per heavy atom. The third kappa shape index (κ3) is 4.27. The maximum atomic E-state index is 14.9. The minimum Gasteiger partial charge on any atom is -0.477 e. The zero-order valence-corrected chi connectivity index (χ0v) is 18.9. The maximum Gasteiger partial charge on any atom is 0.348 e. The Morgan fingerprint density at radius 1 is 1.38 bits per heavy atom. The van der Waals surface area contributed by atoms with Gasteiger partial charge in [0.2, 0.25) is 0 Å². The van der Waals surface area contributed by atoms with Crippen molar-refractivity contribution in [2.45, 2.75) is 25.6 Å². The number of nitrogens with zero attached hydrogens (tertiary/aromatic N) is 4. The number of carbonyl (C=O) groups excluding carboxylic acids is 1. The van der Waals surface area contributed by atoms with Crippen LogP contribution in [-0.2, 0) is 0 Å². The molecule has 2 atom stereocenters. The molecule has 4 heterocycles. The molecule has 32 heavy (non-hydrogen) atoms. The van der Waals surface area contributed by atoms with E-state index < -0.39 is 24.1 Å². The number of thiazole rings is 1. The summed E-state index contributed by atoms with van der Waals surface area (Å²) in [5.41, 5.74) is 1.21. The van der Waals surface area contributed by atoms with Crippen LogP contribution in [0.3, 0.4) is 0 Å². The molecule has 9 nitrogen and oxygen atoms in total. The van der Waals surface area contributed by atoms with Crippen molar-refractivity contribution in [3.05, 3.63) is 44.9 Å². The zero-order chi connectivity index (χ0) is 23.0. The van der Waals surface area contributed by atoms with Gasteiger partial charge in [-0.15, -0.1) is 0 Å². The van der Waals surface area contributed by atoms with Crippen molar-refractivity contribution in [3.63, 3.8) is 0 Å². The first-order chi connectivity index (χ1) is 15.3. The molecule has 3 N–H and O–H groups in total. The number of carbonyl (C=O) groups is 2. The minimum atomic E-state index is -1.40. The molecule has 168 valence electrons. The van der Waals surface area contributed by atoms with Crippen molar-refractivity contribution in [3.8, 4) is 11.4 Å². The molecule has 1 aliphatic rings. The van der Waals surface area contributed by atoms with E-state index >= 15 is 0 Å². The highest BCUT2D eigenvalue weighted by Gasteiger charge is 2.34. The molecule has 3 aromatic rings. The van der Waals surface area contributed by atoms with Crippen LogP contribution in [0.25, 0.3) is 11.4 Å². The van der Waals surface area contributed by atoms with Gasteiger partial charge in [-0.2, -0.15) is 0 Å². The van der Waals surface area contributed by atoms with Gasteiger partial charge in [0.15, 0.2) is 5.13 Å². The Bertz CT molecular complexity index is 1170. The molecule has 0 saturated carbocycles. The number of hydrogen-bond acceptors (Lipinski definition) is 7. The average Bonchev–Trinajstić information content (AvgIpc) is 3.33. The molecular weight excluding hydrogens is 482 g/mol. The van der Waals surface area contributed by atoms with Crippen LogP contribution in [0, 0.1) is 6.92 Å². The van der Waals surface area contributed by atoms with Gasteiger partial charge >= 0.3 is 5.97 Å². The fourth-order valence-corrected chi connectivity index (χ4v) is 4.77. The second-order valence-corrected chi connectivity index (χ2v) is 8.89. The molecule has 0 radical (unpaired) electrons. The molecule has 3 aromatic heterocycles. The smallest absolute Gasteiger partial charge is 0.348 e. The summed E-state index contributed by atoms with van der Waals surface area (Å²) in [5, 5.41) is 12.9. The van der Waals surface area contributed by atoms with E-state index in [2.05, 4.69) is 25.3 Å². The first kappa shape index (κ1) is 22.4. The van der Waals surface area contributed by atoms with Crippen LogP contribution < -0.4 is 10.2 Å². The van der Waals surface area contributed by atoms with Crippen molar-refractivity contribution in [1.29, 1.82) is 0 Å². The van der Waals surface area contributed by atoms with Crippen molar-refractivity contribution in [2.75, 3.05) is 18.0 Å². The van der Waals surface area contributed by atoms with Crippen LogP contribution in [0.15, 0.2) is 18.6 Å². The first-order valence-corrected chi connectivity index (χ1v) is 11.1. The number of rotatable bonds is 5. The van der Waals surface area contributed by atoms with Gasteiger partial charge in [-0.25, -0.2) is 24.1 Å². The van der Waals surface area contributed by atoms with E-state index in [1.807, 2.05) is 0 Å². The number of halogens is 3. The van der Waals surface area contributed by atoms with Gasteiger partial charge in [-0.1, -0.05) is 34.5 Å². The summed E-state index contributed by atoms with van der Waals surface area (Å²) in [6.07, 6.45) is 1.68. The van der Waals surface area contributed by atoms with Gasteiger partial charge in [-0.3, -0.25) is 4.79 Å². The summed E-state index contributed by atoms with van der Waals surface area (Å²) in [6.45, 7) is 1.99. The van der Waals surface area contributed by atoms with E-state index in [0.717, 1.165) is 11.3 Å². The Labute approximate surface area is 195 Å². The molecule has 1 saturated heterocycles. The van der Waals surface area contributed by atoms with Gasteiger partial charge in [0.05, 0.1) is 28.3 Å². The van der Waals surface area contributed by atoms with Gasteiger partial charge in [0, 0.05) is 18.4 Å². The fraction of sp³-hybridized carbons (Fsp3) is 0.316. The predicted molar refractivity (Wildman–Crippen MR) is 119 cm³/mol. The number of piperidine rings is 1. The van der Waals surface area contributed by atoms with Crippen molar-refractivity contribution in [1.82, 2.24) is 25.3 Å². The Morgan fingerprint density at radius 2 is 2.16 bits per heavy atom. The van der Waals surface area contributed by atoms with Gasteiger partial charge in [0.1, 0.15) is 28.8 Å². The van der Waals surface area contributed by atoms with E-state index in [0.29, 0.717) is 29.5 Å². The van der Waals surface area contributed by atoms with E-state index in [4.69, 9.17) is 23.2 Å². The number of aromatic carboxylic acids is 1. The number of anilines is 1. The zero-order valence-electron chi connectivity index (χ0n) is 16.6. The van der Waals surface area contributed by atoms with Crippen LogP contribution in [0.1, 0.15) is 32.3 Å². The topological polar surface area (TPSA) is 124 Å². The van der Waals surface area contributed by atoms with Crippen LogP contribution in [0.5, 0.6) is 0 Å². The normalized spacial score (nSPS) is 18.6. The maximum absolute atomic E-state index is 14.9. The van der Waals surface area contributed by atoms with Crippen LogP contribution in [0.4, 0.5) is 9.52 Å². The summed E-state index contributed by atoms with van der Waals surface area (Å²) in [7, 11) is 0. The number of hydrogen-bond donors (Lipinski definition) is 3. The van der Waals surface area contributed by atoms with Gasteiger partial charge in [-0.05, 0) is 19.4 Å². The highest BCUT2D eigenvalue weighted by Crippen LogP contribution is 2.34. The molecule has 0 aliphatic carbocycles. The van der Waals surface area contributed by atoms with E-state index in [-0.39, 0.29) is 32.9 Å². The van der Waals surface area contributed by atoms with Gasteiger partial charge in [0.25, 0.3) is 5.91 Å². The van der Waals surface area contributed by atoms with Crippen LogP contribution >= 0.6 is 34.5 Å². The number of alkyl halides is 1. The Hall–Kier alpha value is -2.76. The quantitative estimate of drug-likeness (QED) is 0.490. The molecule has 1 amide bonds. The van der Waals surface area contributed by atoms with Crippen molar-refractivity contribution >= 4 is 51.5 Å². The third-order valence-corrected chi connectivity index (χ3v) is 7.10. The lowest BCUT2D eigenvalue weighted by molar-refractivity contribution is 0.0702. The van der Waals surface area contributed by atoms with Crippen LogP contribution in [0.2, 0.25) is 10.0 Å². The Balaban J connectivity index is 1.48. The van der Waals surface area contributed by atoms with Crippen LogP contribution in [-0.4, -0.2) is 62.2 Å². The van der Waals surface area contributed by atoms with E-state index in [1.54, 1.807) is 17.9 Å². The number of aromatic nitrogens is 4. The van der Waals surface area contributed by atoms with E-state index in [9.17, 15) is 19.1 Å². The molecule has 1 aliphatic heterocycles. The number of carboxylic acid groups (broad SMARTS) is 1. The Kier molecular flexibility index (Phi) is 6.31. The van der Waals surface area contributed by atoms with E-state index in [1.165, 1.54) is 12.5 Å². The number of aryl methyl sites for hydroxylation is 1. The summed E-state index contributed by atoms with van der Waals surface area (Å²) < 4.78 is 14.9. The standard InChI is InChI=1S/C19H17Cl2FN6O3S/c1-8-12(20)13(21)15(25-8)17(29)26-10-3-5-28(6-9(10)22)19-27-14(16(32-19)18(30)31)11-2-4-23-7-24-11/h2,4,7,9-10,25H,3,5-6H2,1H3,(H,26,29)(H,30,31)/t9-,10+/m0/s1. The minimum absolute atomic E-state index is 0.0122. The highest BCUT2D eigenvalue weighted by molar-refractivity contribution is 7.17. The molecule has 0 aromatic carbocycles. The first-order valence-electron chi connectivity index (χ1n) is 9.50. The lowest BCUT2D eigenvalue weighted by Crippen LogP contribution is -2.52. The third-order valence-electron chi connectivity index (χ3n) is 5.04. The molecule has 0 bridgehead atoms. The number of nitrogens with one attached hydrogen (secondary N) is 2. The molecular formula is C19H17Cl2FN6O3S. The van der Waals surface area contributed by atoms with Gasteiger partial charge < -0.3 is 20.3 Å². The summed E-state index contributed by atoms with van der Waals surface area (Å²) in [5.74, 6) is -1.68. The molecule has 1 fully saturated rings. The number of H-pyrrole nitrogens is 1. The number of amides is 1. The second kappa shape index (κ2) is 9.00. The molecule has 4 rings (SSSR count). The molecule has 0 spiro atoms. The van der Waals surface area contributed by atoms with Crippen molar-refractivity contribution in [2.24, 2.45) is 0 Å². The summed E-state index contributed by atoms with van der Waals surface area (Å²) >= 11 is 13.0. The lowest BCUT2D eigenvalue weighted by Gasteiger charge is -2.34. The largest absolute Gasteiger partial charge is 0.477 e. The molecule has 0 unspecified atom stereocenters. The highest BCUT2D eigenvalue weighted by atomic mass is 35.5. The summed E-state index contributed by atoms with van der Waals surface area (Å²) in [4.78, 5) is 41.0. The molecule has 13 heteroatoms. The summed E-state index contributed by atoms with van der Waals surface area (Å²) in [6, 6.07) is 0.822.